The van der Waals surface area contributed by atoms with Gasteiger partial charge in [0.15, 0.2) is 0 Å². The molecule has 0 saturated carbocycles. The lowest BCUT2D eigenvalue weighted by Gasteiger charge is -2.16. The van der Waals surface area contributed by atoms with Crippen LogP contribution in [0, 0.1) is 0 Å². The Hall–Kier alpha value is -2.87. The molecule has 0 radical (unpaired) electrons. The van der Waals surface area contributed by atoms with Crippen LogP contribution in [-0.2, 0) is 9.53 Å². The van der Waals surface area contributed by atoms with Crippen molar-refractivity contribution >= 4 is 23.2 Å². The number of carbonyl (C=O) groups excluding carboxylic acids is 1. The van der Waals surface area contributed by atoms with Gasteiger partial charge in [0.25, 0.3) is 5.56 Å². The highest BCUT2D eigenvalue weighted by Crippen LogP contribution is 2.31. The van der Waals surface area contributed by atoms with Crippen LogP contribution < -0.4 is 5.56 Å². The normalized spacial score (nSPS) is 12.5. The molecule has 27 heavy (non-hydrogen) atoms. The maximum Gasteiger partial charge on any atom is 0.306 e. The molecule has 0 amide bonds. The van der Waals surface area contributed by atoms with Gasteiger partial charge in [0.2, 0.25) is 5.88 Å². The number of hydrogen-bond acceptors (Lipinski definition) is 6. The van der Waals surface area contributed by atoms with Crippen molar-refractivity contribution in [2.45, 2.75) is 32.2 Å². The van der Waals surface area contributed by atoms with Gasteiger partial charge in [-0.2, -0.15) is 10.1 Å². The highest BCUT2D eigenvalue weighted by molar-refractivity contribution is 6.30. The Labute approximate surface area is 160 Å². The van der Waals surface area contributed by atoms with Crippen LogP contribution in [0.25, 0.3) is 5.65 Å². The molecule has 9 heteroatoms. The number of methoxy groups -OCH3 is 1. The lowest BCUT2D eigenvalue weighted by molar-refractivity contribution is -0.140. The molecule has 0 aliphatic rings. The molecule has 142 valence electrons. The first kappa shape index (κ1) is 18.9. The second-order valence-corrected chi connectivity index (χ2v) is 6.85. The number of esters is 1. The maximum atomic E-state index is 13.1. The number of rotatable bonds is 5. The summed E-state index contributed by atoms with van der Waals surface area (Å²) in [4.78, 5) is 29.1. The van der Waals surface area contributed by atoms with Gasteiger partial charge in [0.05, 0.1) is 30.3 Å². The summed E-state index contributed by atoms with van der Waals surface area (Å²) in [5.41, 5.74) is 0.334. The van der Waals surface area contributed by atoms with E-state index in [1.54, 1.807) is 23.1 Å². The molecular weight excluding hydrogens is 372 g/mol. The maximum absolute atomic E-state index is 13.1. The van der Waals surface area contributed by atoms with Gasteiger partial charge in [-0.25, -0.2) is 0 Å². The summed E-state index contributed by atoms with van der Waals surface area (Å²) < 4.78 is 7.72. The predicted octanol–water partition coefficient (Wildman–Crippen LogP) is 2.53. The summed E-state index contributed by atoms with van der Waals surface area (Å²) >= 11 is 5.99. The Balaban J connectivity index is 2.22. The number of carbonyl (C=O) groups is 1. The first-order chi connectivity index (χ1) is 12.8. The second kappa shape index (κ2) is 7.40. The zero-order chi connectivity index (χ0) is 19.7. The first-order valence-corrected chi connectivity index (χ1v) is 8.71. The predicted molar refractivity (Wildman–Crippen MR) is 99.2 cm³/mol. The molecule has 8 nitrogen and oxygen atoms in total. The summed E-state index contributed by atoms with van der Waals surface area (Å²) in [5, 5.41) is 15.1. The first-order valence-electron chi connectivity index (χ1n) is 8.33. The van der Waals surface area contributed by atoms with E-state index in [4.69, 9.17) is 16.3 Å². The summed E-state index contributed by atoms with van der Waals surface area (Å²) in [7, 11) is 1.27. The van der Waals surface area contributed by atoms with Crippen LogP contribution in [0.15, 0.2) is 35.5 Å². The third kappa shape index (κ3) is 3.66. The van der Waals surface area contributed by atoms with Crippen LogP contribution in [0.5, 0.6) is 5.88 Å². The molecule has 0 bridgehead atoms. The molecule has 0 spiro atoms. The number of hydrogen-bond donors (Lipinski definition) is 1. The molecule has 3 heterocycles. The fraction of sp³-hybridized carbons (Fsp3) is 0.333. The third-order valence-electron chi connectivity index (χ3n) is 4.30. The van der Waals surface area contributed by atoms with E-state index in [2.05, 4.69) is 10.1 Å². The monoisotopic (exact) mass is 390 g/mol. The largest absolute Gasteiger partial charge is 0.493 e. The quantitative estimate of drug-likeness (QED) is 0.672. The SMILES string of the molecule is COC(=O)CC(c1cnn(C(C)C)c1)c1c(O)nc2ccc(Cl)cn2c1=O. The highest BCUT2D eigenvalue weighted by Gasteiger charge is 2.28. The third-order valence-corrected chi connectivity index (χ3v) is 4.52. The van der Waals surface area contributed by atoms with E-state index >= 15 is 0 Å². The van der Waals surface area contributed by atoms with E-state index in [0.717, 1.165) is 0 Å². The minimum atomic E-state index is -0.763. The van der Waals surface area contributed by atoms with Crippen molar-refractivity contribution in [3.05, 3.63) is 57.2 Å². The van der Waals surface area contributed by atoms with E-state index in [1.807, 2.05) is 13.8 Å². The Morgan fingerprint density at radius 2 is 2.07 bits per heavy atom. The molecule has 1 atom stereocenters. The van der Waals surface area contributed by atoms with Crippen LogP contribution in [-0.4, -0.2) is 37.4 Å². The van der Waals surface area contributed by atoms with Gasteiger partial charge < -0.3 is 9.84 Å². The van der Waals surface area contributed by atoms with Crippen molar-refractivity contribution in [1.82, 2.24) is 19.2 Å². The number of aromatic nitrogens is 4. The highest BCUT2D eigenvalue weighted by atomic mass is 35.5. The van der Waals surface area contributed by atoms with E-state index in [-0.39, 0.29) is 23.7 Å². The number of pyridine rings is 1. The Morgan fingerprint density at radius 1 is 1.33 bits per heavy atom. The molecular formula is C18H19ClN4O4. The summed E-state index contributed by atoms with van der Waals surface area (Å²) in [6.07, 6.45) is 4.59. The van der Waals surface area contributed by atoms with Gasteiger partial charge >= 0.3 is 5.97 Å². The van der Waals surface area contributed by atoms with Gasteiger partial charge in [-0.3, -0.25) is 18.7 Å². The minimum absolute atomic E-state index is 0.0107. The number of halogens is 1. The van der Waals surface area contributed by atoms with Crippen molar-refractivity contribution in [2.75, 3.05) is 7.11 Å². The van der Waals surface area contributed by atoms with Crippen LogP contribution in [0.3, 0.4) is 0 Å². The van der Waals surface area contributed by atoms with Gasteiger partial charge in [-0.1, -0.05) is 11.6 Å². The second-order valence-electron chi connectivity index (χ2n) is 6.41. The number of aromatic hydroxyl groups is 1. The van der Waals surface area contributed by atoms with Gasteiger partial charge in [0.1, 0.15) is 5.65 Å². The van der Waals surface area contributed by atoms with Crippen molar-refractivity contribution in [2.24, 2.45) is 0 Å². The summed E-state index contributed by atoms with van der Waals surface area (Å²) in [6, 6.07) is 3.20. The van der Waals surface area contributed by atoms with Crippen LogP contribution in [0.4, 0.5) is 0 Å². The zero-order valence-electron chi connectivity index (χ0n) is 15.1. The summed E-state index contributed by atoms with van der Waals surface area (Å²) in [6.45, 7) is 3.91. The number of ether oxygens (including phenoxy) is 1. The van der Waals surface area contributed by atoms with Crippen LogP contribution >= 0.6 is 11.6 Å². The molecule has 0 aromatic carbocycles. The Kier molecular flexibility index (Phi) is 5.18. The summed E-state index contributed by atoms with van der Waals surface area (Å²) in [5.74, 6) is -1.72. The smallest absolute Gasteiger partial charge is 0.306 e. The molecule has 0 aliphatic carbocycles. The number of nitrogens with zero attached hydrogens (tertiary/aromatic N) is 4. The van der Waals surface area contributed by atoms with Crippen molar-refractivity contribution in [3.63, 3.8) is 0 Å². The molecule has 1 N–H and O–H groups in total. The van der Waals surface area contributed by atoms with E-state index < -0.39 is 23.3 Å². The average molecular weight is 391 g/mol. The van der Waals surface area contributed by atoms with Crippen molar-refractivity contribution in [1.29, 1.82) is 0 Å². The topological polar surface area (TPSA) is 98.7 Å². The molecule has 3 rings (SSSR count). The van der Waals surface area contributed by atoms with Gasteiger partial charge in [-0.15, -0.1) is 0 Å². The van der Waals surface area contributed by atoms with Crippen LogP contribution in [0.1, 0.15) is 43.4 Å². The van der Waals surface area contributed by atoms with Crippen LogP contribution in [0.2, 0.25) is 5.02 Å². The lowest BCUT2D eigenvalue weighted by atomic mass is 9.91. The van der Waals surface area contributed by atoms with E-state index in [9.17, 15) is 14.7 Å². The Bertz CT molecular complexity index is 1060. The molecule has 0 saturated heterocycles. The number of fused-ring (bicyclic) bond motifs is 1. The average Bonchev–Trinajstić information content (AvgIpc) is 3.11. The molecule has 0 fully saturated rings. The van der Waals surface area contributed by atoms with E-state index in [0.29, 0.717) is 10.6 Å². The fourth-order valence-corrected chi connectivity index (χ4v) is 3.03. The molecule has 3 aromatic heterocycles. The Morgan fingerprint density at radius 3 is 2.70 bits per heavy atom. The van der Waals surface area contributed by atoms with E-state index in [1.165, 1.54) is 23.8 Å². The van der Waals surface area contributed by atoms with Gasteiger partial charge in [-0.05, 0) is 31.5 Å². The standard InChI is InChI=1S/C18H19ClN4O4/c1-10(2)23-8-11(7-20-23)13(6-15(24)27-3)16-17(25)21-14-5-4-12(19)9-22(14)18(16)26/h4-5,7-10,13,25H,6H2,1-3H3. The minimum Gasteiger partial charge on any atom is -0.493 e. The van der Waals surface area contributed by atoms with Crippen molar-refractivity contribution in [3.8, 4) is 5.88 Å². The lowest BCUT2D eigenvalue weighted by Crippen LogP contribution is -2.24. The molecule has 1 unspecified atom stereocenters. The fourth-order valence-electron chi connectivity index (χ4n) is 2.87. The molecule has 0 aliphatic heterocycles. The molecule has 3 aromatic rings. The zero-order valence-corrected chi connectivity index (χ0v) is 15.8. The van der Waals surface area contributed by atoms with Crippen molar-refractivity contribution < 1.29 is 14.6 Å². The van der Waals surface area contributed by atoms with Gasteiger partial charge in [0, 0.05) is 24.4 Å².